The lowest BCUT2D eigenvalue weighted by molar-refractivity contribution is 0.304. The van der Waals surface area contributed by atoms with Crippen molar-refractivity contribution < 1.29 is 4.74 Å². The standard InChI is InChI=1S/C15H14BrIO/c1-11-2-7-15(13(8-11)9-16)18-10-12-3-5-14(17)6-4-12/h2-8H,9-10H2,1H3. The highest BCUT2D eigenvalue weighted by molar-refractivity contribution is 14.1. The Morgan fingerprint density at radius 1 is 1.11 bits per heavy atom. The van der Waals surface area contributed by atoms with Crippen LogP contribution in [0.5, 0.6) is 5.75 Å². The number of halogens is 2. The van der Waals surface area contributed by atoms with Crippen LogP contribution in [0.15, 0.2) is 42.5 Å². The van der Waals surface area contributed by atoms with Gasteiger partial charge < -0.3 is 4.74 Å². The normalized spacial score (nSPS) is 10.4. The second-order valence-electron chi connectivity index (χ2n) is 4.16. The molecule has 2 rings (SSSR count). The van der Waals surface area contributed by atoms with Crippen LogP contribution < -0.4 is 4.74 Å². The molecule has 1 nitrogen and oxygen atoms in total. The van der Waals surface area contributed by atoms with Gasteiger partial charge in [-0.05, 0) is 53.3 Å². The molecule has 0 aliphatic rings. The molecule has 0 saturated heterocycles. The molecule has 0 amide bonds. The van der Waals surface area contributed by atoms with Gasteiger partial charge >= 0.3 is 0 Å². The van der Waals surface area contributed by atoms with E-state index in [1.54, 1.807) is 0 Å². The maximum atomic E-state index is 5.88. The number of ether oxygens (including phenoxy) is 1. The summed E-state index contributed by atoms with van der Waals surface area (Å²) in [6.07, 6.45) is 0. The Bertz CT molecular complexity index is 523. The summed E-state index contributed by atoms with van der Waals surface area (Å²) < 4.78 is 7.12. The summed E-state index contributed by atoms with van der Waals surface area (Å²) in [4.78, 5) is 0. The molecule has 0 aliphatic heterocycles. The highest BCUT2D eigenvalue weighted by Crippen LogP contribution is 2.23. The van der Waals surface area contributed by atoms with Crippen molar-refractivity contribution >= 4 is 38.5 Å². The van der Waals surface area contributed by atoms with Gasteiger partial charge in [0.05, 0.1) is 0 Å². The molecule has 0 fully saturated rings. The maximum absolute atomic E-state index is 5.88. The Kier molecular flexibility index (Phi) is 5.06. The SMILES string of the molecule is Cc1ccc(OCc2ccc(I)cc2)c(CBr)c1. The van der Waals surface area contributed by atoms with E-state index in [2.05, 4.69) is 81.8 Å². The van der Waals surface area contributed by atoms with E-state index in [0.29, 0.717) is 6.61 Å². The van der Waals surface area contributed by atoms with E-state index >= 15 is 0 Å². The highest BCUT2D eigenvalue weighted by atomic mass is 127. The van der Waals surface area contributed by atoms with Gasteiger partial charge in [-0.1, -0.05) is 45.8 Å². The van der Waals surface area contributed by atoms with E-state index in [1.165, 1.54) is 20.3 Å². The van der Waals surface area contributed by atoms with Crippen LogP contribution in [0, 0.1) is 10.5 Å². The van der Waals surface area contributed by atoms with Gasteiger partial charge in [-0.2, -0.15) is 0 Å². The molecule has 94 valence electrons. The number of hydrogen-bond donors (Lipinski definition) is 0. The summed E-state index contributed by atoms with van der Waals surface area (Å²) in [6.45, 7) is 2.70. The zero-order chi connectivity index (χ0) is 13.0. The third-order valence-corrected chi connectivity index (χ3v) is 3.99. The van der Waals surface area contributed by atoms with Crippen LogP contribution >= 0.6 is 38.5 Å². The van der Waals surface area contributed by atoms with Crippen LogP contribution in [0.4, 0.5) is 0 Å². The van der Waals surface area contributed by atoms with Crippen molar-refractivity contribution in [3.05, 3.63) is 62.7 Å². The zero-order valence-electron chi connectivity index (χ0n) is 10.1. The summed E-state index contributed by atoms with van der Waals surface area (Å²) in [6, 6.07) is 14.7. The molecular weight excluding hydrogens is 403 g/mol. The molecule has 2 aromatic rings. The Morgan fingerprint density at radius 2 is 1.83 bits per heavy atom. The molecule has 2 aromatic carbocycles. The first-order valence-corrected chi connectivity index (χ1v) is 7.92. The quantitative estimate of drug-likeness (QED) is 0.499. The van der Waals surface area contributed by atoms with Crippen LogP contribution in [0.3, 0.4) is 0 Å². The van der Waals surface area contributed by atoms with Crippen LogP contribution in [0.25, 0.3) is 0 Å². The minimum Gasteiger partial charge on any atom is -0.489 e. The second-order valence-corrected chi connectivity index (χ2v) is 5.97. The molecule has 0 radical (unpaired) electrons. The highest BCUT2D eigenvalue weighted by Gasteiger charge is 2.03. The van der Waals surface area contributed by atoms with Crippen LogP contribution in [-0.4, -0.2) is 0 Å². The van der Waals surface area contributed by atoms with Gasteiger partial charge in [0.15, 0.2) is 0 Å². The van der Waals surface area contributed by atoms with E-state index in [9.17, 15) is 0 Å². The lowest BCUT2D eigenvalue weighted by atomic mass is 10.1. The lowest BCUT2D eigenvalue weighted by Crippen LogP contribution is -1.98. The Balaban J connectivity index is 2.08. The summed E-state index contributed by atoms with van der Waals surface area (Å²) >= 11 is 5.80. The average Bonchev–Trinajstić information content (AvgIpc) is 2.39. The van der Waals surface area contributed by atoms with Crippen LogP contribution in [-0.2, 0) is 11.9 Å². The van der Waals surface area contributed by atoms with Crippen molar-refractivity contribution in [1.29, 1.82) is 0 Å². The maximum Gasteiger partial charge on any atom is 0.123 e. The first kappa shape index (κ1) is 13.9. The number of aryl methyl sites for hydroxylation is 1. The van der Waals surface area contributed by atoms with Gasteiger partial charge in [0.2, 0.25) is 0 Å². The Hall–Kier alpha value is -0.550. The second kappa shape index (κ2) is 6.57. The lowest BCUT2D eigenvalue weighted by Gasteiger charge is -2.11. The summed E-state index contributed by atoms with van der Waals surface area (Å²) in [5, 5.41) is 0.816. The van der Waals surface area contributed by atoms with E-state index in [-0.39, 0.29) is 0 Å². The molecule has 0 heterocycles. The molecule has 0 aromatic heterocycles. The topological polar surface area (TPSA) is 9.23 Å². The molecule has 18 heavy (non-hydrogen) atoms. The minimum atomic E-state index is 0.611. The van der Waals surface area contributed by atoms with E-state index < -0.39 is 0 Å². The zero-order valence-corrected chi connectivity index (χ0v) is 13.9. The van der Waals surface area contributed by atoms with Gasteiger partial charge in [-0.3, -0.25) is 0 Å². The van der Waals surface area contributed by atoms with Gasteiger partial charge in [0.25, 0.3) is 0 Å². The fraction of sp³-hybridized carbons (Fsp3) is 0.200. The fourth-order valence-electron chi connectivity index (χ4n) is 1.70. The smallest absolute Gasteiger partial charge is 0.123 e. The Morgan fingerprint density at radius 3 is 2.50 bits per heavy atom. The molecule has 0 spiro atoms. The molecule has 0 N–H and O–H groups in total. The van der Waals surface area contributed by atoms with Crippen molar-refractivity contribution in [2.75, 3.05) is 0 Å². The van der Waals surface area contributed by atoms with E-state index in [4.69, 9.17) is 4.74 Å². The summed E-state index contributed by atoms with van der Waals surface area (Å²) in [7, 11) is 0. The van der Waals surface area contributed by atoms with Gasteiger partial charge in [0, 0.05) is 14.5 Å². The third kappa shape index (κ3) is 3.72. The minimum absolute atomic E-state index is 0.611. The number of alkyl halides is 1. The largest absolute Gasteiger partial charge is 0.489 e. The summed E-state index contributed by atoms with van der Waals surface area (Å²) in [5.41, 5.74) is 3.64. The van der Waals surface area contributed by atoms with Crippen molar-refractivity contribution in [1.82, 2.24) is 0 Å². The number of hydrogen-bond acceptors (Lipinski definition) is 1. The molecule has 3 heteroatoms. The van der Waals surface area contributed by atoms with E-state index in [1.807, 2.05) is 6.07 Å². The van der Waals surface area contributed by atoms with Gasteiger partial charge in [0.1, 0.15) is 12.4 Å². The first-order valence-electron chi connectivity index (χ1n) is 5.72. The fourth-order valence-corrected chi connectivity index (χ4v) is 2.49. The molecule has 0 unspecified atom stereocenters. The first-order chi connectivity index (χ1) is 8.69. The van der Waals surface area contributed by atoms with Gasteiger partial charge in [-0.15, -0.1) is 0 Å². The molecular formula is C15H14BrIO. The number of rotatable bonds is 4. The van der Waals surface area contributed by atoms with Crippen molar-refractivity contribution in [3.8, 4) is 5.75 Å². The van der Waals surface area contributed by atoms with E-state index in [0.717, 1.165) is 11.1 Å². The molecule has 0 saturated carbocycles. The van der Waals surface area contributed by atoms with Gasteiger partial charge in [-0.25, -0.2) is 0 Å². The molecule has 0 aliphatic carbocycles. The predicted molar refractivity (Wildman–Crippen MR) is 87.3 cm³/mol. The van der Waals surface area contributed by atoms with Crippen molar-refractivity contribution in [3.63, 3.8) is 0 Å². The van der Waals surface area contributed by atoms with Crippen LogP contribution in [0.2, 0.25) is 0 Å². The average molecular weight is 417 g/mol. The number of benzene rings is 2. The van der Waals surface area contributed by atoms with Crippen molar-refractivity contribution in [2.24, 2.45) is 0 Å². The van der Waals surface area contributed by atoms with Crippen LogP contribution in [0.1, 0.15) is 16.7 Å². The Labute approximate surface area is 130 Å². The molecule has 0 atom stereocenters. The summed E-state index contributed by atoms with van der Waals surface area (Å²) in [5.74, 6) is 0.955. The van der Waals surface area contributed by atoms with Crippen molar-refractivity contribution in [2.45, 2.75) is 18.9 Å². The predicted octanol–water partition coefficient (Wildman–Crippen LogP) is 5.07. The third-order valence-electron chi connectivity index (χ3n) is 2.67. The molecule has 0 bridgehead atoms. The monoisotopic (exact) mass is 416 g/mol.